The number of carbonyl (C=O) groups excluding carboxylic acids is 3. The van der Waals surface area contributed by atoms with E-state index in [0.29, 0.717) is 25.7 Å². The lowest BCUT2D eigenvalue weighted by atomic mass is 9.79. The van der Waals surface area contributed by atoms with Gasteiger partial charge in [0.05, 0.1) is 11.8 Å². The highest BCUT2D eigenvalue weighted by atomic mass is 16.6. The Kier molecular flexibility index (Phi) is 2.23. The Morgan fingerprint density at radius 1 is 1.21 bits per heavy atom. The lowest BCUT2D eigenvalue weighted by molar-refractivity contribution is -0.154. The van der Waals surface area contributed by atoms with Crippen LogP contribution in [0.1, 0.15) is 19.3 Å². The zero-order chi connectivity index (χ0) is 10.1. The van der Waals surface area contributed by atoms with Gasteiger partial charge in [-0.05, 0) is 19.3 Å². The van der Waals surface area contributed by atoms with E-state index in [4.69, 9.17) is 4.74 Å². The maximum Gasteiger partial charge on any atom is 0.317 e. The standard InChI is InChI=1S/C9H10O5/c10-4-13-5-1-2-6-7(3-5)9(12)14-8(6)11/h4-7H,1-3H2. The van der Waals surface area contributed by atoms with Crippen molar-refractivity contribution in [3.8, 4) is 0 Å². The number of hydrogen-bond donors (Lipinski definition) is 0. The molecule has 0 spiro atoms. The van der Waals surface area contributed by atoms with Gasteiger partial charge in [0.1, 0.15) is 6.10 Å². The summed E-state index contributed by atoms with van der Waals surface area (Å²) in [6.07, 6.45) is 1.36. The predicted molar refractivity (Wildman–Crippen MR) is 42.9 cm³/mol. The van der Waals surface area contributed by atoms with Crippen LogP contribution in [0.3, 0.4) is 0 Å². The molecule has 1 aliphatic heterocycles. The number of esters is 2. The molecule has 76 valence electrons. The van der Waals surface area contributed by atoms with Crippen LogP contribution in [0.25, 0.3) is 0 Å². The molecule has 2 rings (SSSR count). The molecule has 5 nitrogen and oxygen atoms in total. The fourth-order valence-electron chi connectivity index (χ4n) is 2.13. The summed E-state index contributed by atoms with van der Waals surface area (Å²) < 4.78 is 9.29. The predicted octanol–water partition coefficient (Wildman–Crippen LogP) is 0.0277. The Bertz CT molecular complexity index is 285. The maximum absolute atomic E-state index is 11.2. The van der Waals surface area contributed by atoms with Crippen molar-refractivity contribution < 1.29 is 23.9 Å². The molecule has 3 atom stereocenters. The number of hydrogen-bond acceptors (Lipinski definition) is 5. The van der Waals surface area contributed by atoms with Crippen molar-refractivity contribution in [1.82, 2.24) is 0 Å². The Balaban J connectivity index is 2.05. The summed E-state index contributed by atoms with van der Waals surface area (Å²) in [5.41, 5.74) is 0. The monoisotopic (exact) mass is 198 g/mol. The van der Waals surface area contributed by atoms with E-state index in [2.05, 4.69) is 4.74 Å². The third kappa shape index (κ3) is 1.38. The van der Waals surface area contributed by atoms with Gasteiger partial charge in [-0.25, -0.2) is 0 Å². The summed E-state index contributed by atoms with van der Waals surface area (Å²) in [6.45, 7) is 0.382. The highest BCUT2D eigenvalue weighted by molar-refractivity contribution is 5.96. The van der Waals surface area contributed by atoms with Crippen molar-refractivity contribution >= 4 is 18.4 Å². The summed E-state index contributed by atoms with van der Waals surface area (Å²) in [5.74, 6) is -1.61. The Morgan fingerprint density at radius 2 is 1.93 bits per heavy atom. The molecule has 0 bridgehead atoms. The van der Waals surface area contributed by atoms with Gasteiger partial charge in [0.15, 0.2) is 0 Å². The first-order valence-corrected chi connectivity index (χ1v) is 4.57. The summed E-state index contributed by atoms with van der Waals surface area (Å²) in [5, 5.41) is 0. The number of rotatable bonds is 2. The van der Waals surface area contributed by atoms with Crippen molar-refractivity contribution in [3.05, 3.63) is 0 Å². The average Bonchev–Trinajstić information content (AvgIpc) is 2.43. The van der Waals surface area contributed by atoms with Crippen molar-refractivity contribution in [2.45, 2.75) is 25.4 Å². The minimum atomic E-state index is -0.473. The van der Waals surface area contributed by atoms with Crippen molar-refractivity contribution in [2.75, 3.05) is 0 Å². The van der Waals surface area contributed by atoms with E-state index in [9.17, 15) is 14.4 Å². The van der Waals surface area contributed by atoms with Gasteiger partial charge in [0.25, 0.3) is 6.47 Å². The quantitative estimate of drug-likeness (QED) is 0.355. The minimum Gasteiger partial charge on any atom is -0.465 e. The fraction of sp³-hybridized carbons (Fsp3) is 0.667. The Hall–Kier alpha value is -1.39. The van der Waals surface area contributed by atoms with E-state index in [1.807, 2.05) is 0 Å². The molecule has 3 unspecified atom stereocenters. The van der Waals surface area contributed by atoms with E-state index < -0.39 is 17.9 Å². The lowest BCUT2D eigenvalue weighted by Crippen LogP contribution is -2.31. The molecule has 0 radical (unpaired) electrons. The van der Waals surface area contributed by atoms with Crippen LogP contribution in [0.15, 0.2) is 0 Å². The molecule has 2 aliphatic rings. The molecular weight excluding hydrogens is 188 g/mol. The van der Waals surface area contributed by atoms with Crippen LogP contribution in [-0.4, -0.2) is 24.5 Å². The van der Waals surface area contributed by atoms with Gasteiger partial charge in [-0.1, -0.05) is 0 Å². The smallest absolute Gasteiger partial charge is 0.317 e. The highest BCUT2D eigenvalue weighted by Crippen LogP contribution is 2.37. The molecule has 1 saturated heterocycles. The lowest BCUT2D eigenvalue weighted by Gasteiger charge is -2.25. The summed E-state index contributed by atoms with van der Waals surface area (Å²) in [4.78, 5) is 32.4. The molecule has 0 N–H and O–H groups in total. The topological polar surface area (TPSA) is 69.7 Å². The van der Waals surface area contributed by atoms with E-state index in [1.165, 1.54) is 0 Å². The van der Waals surface area contributed by atoms with Gasteiger partial charge in [-0.2, -0.15) is 0 Å². The summed E-state index contributed by atoms with van der Waals surface area (Å²) in [6, 6.07) is 0. The van der Waals surface area contributed by atoms with Crippen LogP contribution >= 0.6 is 0 Å². The second-order valence-electron chi connectivity index (χ2n) is 3.62. The highest BCUT2D eigenvalue weighted by Gasteiger charge is 2.48. The van der Waals surface area contributed by atoms with Crippen molar-refractivity contribution in [2.24, 2.45) is 11.8 Å². The molecule has 1 aliphatic carbocycles. The zero-order valence-corrected chi connectivity index (χ0v) is 7.47. The van der Waals surface area contributed by atoms with Gasteiger partial charge in [0.2, 0.25) is 0 Å². The van der Waals surface area contributed by atoms with E-state index in [1.54, 1.807) is 0 Å². The Labute approximate surface area is 80.4 Å². The molecule has 1 saturated carbocycles. The molecule has 0 aromatic carbocycles. The van der Waals surface area contributed by atoms with Gasteiger partial charge < -0.3 is 9.47 Å². The van der Waals surface area contributed by atoms with Crippen LogP contribution in [0.4, 0.5) is 0 Å². The molecule has 0 aromatic rings. The van der Waals surface area contributed by atoms with Crippen LogP contribution in [-0.2, 0) is 23.9 Å². The summed E-state index contributed by atoms with van der Waals surface area (Å²) in [7, 11) is 0. The third-order valence-corrected chi connectivity index (χ3v) is 2.86. The van der Waals surface area contributed by atoms with E-state index >= 15 is 0 Å². The second-order valence-corrected chi connectivity index (χ2v) is 3.62. The average molecular weight is 198 g/mol. The van der Waals surface area contributed by atoms with E-state index in [-0.39, 0.29) is 12.0 Å². The number of ether oxygens (including phenoxy) is 2. The molecule has 2 fully saturated rings. The minimum absolute atomic E-state index is 0.243. The molecule has 0 aromatic heterocycles. The number of fused-ring (bicyclic) bond motifs is 1. The SMILES string of the molecule is O=COC1CCC2C(=O)OC(=O)C2C1. The zero-order valence-electron chi connectivity index (χ0n) is 7.47. The fourth-order valence-corrected chi connectivity index (χ4v) is 2.13. The normalized spacial score (nSPS) is 36.1. The Morgan fingerprint density at radius 3 is 2.64 bits per heavy atom. The first-order valence-electron chi connectivity index (χ1n) is 4.57. The number of cyclic esters (lactones) is 2. The second kappa shape index (κ2) is 3.40. The van der Waals surface area contributed by atoms with Crippen LogP contribution in [0, 0.1) is 11.8 Å². The van der Waals surface area contributed by atoms with Crippen LogP contribution < -0.4 is 0 Å². The molecule has 5 heteroatoms. The van der Waals surface area contributed by atoms with Crippen LogP contribution in [0.5, 0.6) is 0 Å². The van der Waals surface area contributed by atoms with Crippen molar-refractivity contribution in [1.29, 1.82) is 0 Å². The van der Waals surface area contributed by atoms with E-state index in [0.717, 1.165) is 0 Å². The van der Waals surface area contributed by atoms with Gasteiger partial charge in [-0.3, -0.25) is 14.4 Å². The molecule has 0 amide bonds. The molecular formula is C9H10O5. The number of carbonyl (C=O) groups is 3. The summed E-state index contributed by atoms with van der Waals surface area (Å²) >= 11 is 0. The first-order chi connectivity index (χ1) is 6.72. The van der Waals surface area contributed by atoms with Crippen LogP contribution in [0.2, 0.25) is 0 Å². The molecule has 14 heavy (non-hydrogen) atoms. The van der Waals surface area contributed by atoms with Crippen molar-refractivity contribution in [3.63, 3.8) is 0 Å². The largest absolute Gasteiger partial charge is 0.465 e. The third-order valence-electron chi connectivity index (χ3n) is 2.86. The van der Waals surface area contributed by atoms with Gasteiger partial charge in [-0.15, -0.1) is 0 Å². The van der Waals surface area contributed by atoms with Gasteiger partial charge in [0, 0.05) is 0 Å². The van der Waals surface area contributed by atoms with Gasteiger partial charge >= 0.3 is 11.9 Å². The first kappa shape index (κ1) is 9.18. The molecule has 1 heterocycles. The maximum atomic E-state index is 11.2.